The van der Waals surface area contributed by atoms with E-state index in [2.05, 4.69) is 27.1 Å². The first-order valence-corrected chi connectivity index (χ1v) is 7.68. The van der Waals surface area contributed by atoms with Crippen LogP contribution in [-0.2, 0) is 0 Å². The van der Waals surface area contributed by atoms with E-state index in [0.29, 0.717) is 0 Å². The van der Waals surface area contributed by atoms with E-state index in [1.807, 2.05) is 0 Å². The van der Waals surface area contributed by atoms with Gasteiger partial charge >= 0.3 is 0 Å². The molecule has 0 aromatic carbocycles. The average molecular weight is 252 g/mol. The largest absolute Gasteiger partial charge is 0.312 e. The molecule has 3 heterocycles. The Kier molecular flexibility index (Phi) is 4.19. The predicted octanol–water partition coefficient (Wildman–Crippen LogP) is -0.0824. The van der Waals surface area contributed by atoms with Crippen LogP contribution in [0.1, 0.15) is 12.8 Å². The first-order chi connectivity index (χ1) is 8.81. The SMILES string of the molecule is CN1CCN(CCN2CC3CCCNC3C2)CC1. The van der Waals surface area contributed by atoms with Gasteiger partial charge < -0.3 is 15.1 Å². The highest BCUT2D eigenvalue weighted by atomic mass is 15.3. The highest BCUT2D eigenvalue weighted by molar-refractivity contribution is 4.92. The molecule has 0 amide bonds. The van der Waals surface area contributed by atoms with Gasteiger partial charge in [-0.3, -0.25) is 4.90 Å². The molecule has 3 saturated heterocycles. The molecular weight excluding hydrogens is 224 g/mol. The predicted molar refractivity (Wildman–Crippen MR) is 74.9 cm³/mol. The molecule has 0 saturated carbocycles. The molecule has 0 radical (unpaired) electrons. The summed E-state index contributed by atoms with van der Waals surface area (Å²) < 4.78 is 0. The lowest BCUT2D eigenvalue weighted by Crippen LogP contribution is -2.47. The van der Waals surface area contributed by atoms with Gasteiger partial charge in [0.1, 0.15) is 0 Å². The van der Waals surface area contributed by atoms with Crippen LogP contribution in [0.25, 0.3) is 0 Å². The Morgan fingerprint density at radius 1 is 1.00 bits per heavy atom. The fraction of sp³-hybridized carbons (Fsp3) is 1.00. The van der Waals surface area contributed by atoms with Crippen LogP contribution < -0.4 is 5.32 Å². The number of rotatable bonds is 3. The van der Waals surface area contributed by atoms with Crippen molar-refractivity contribution in [3.05, 3.63) is 0 Å². The summed E-state index contributed by atoms with van der Waals surface area (Å²) in [5, 5.41) is 3.69. The van der Waals surface area contributed by atoms with E-state index < -0.39 is 0 Å². The molecule has 1 N–H and O–H groups in total. The third kappa shape index (κ3) is 3.05. The number of hydrogen-bond acceptors (Lipinski definition) is 4. The van der Waals surface area contributed by atoms with Crippen LogP contribution in [0, 0.1) is 5.92 Å². The van der Waals surface area contributed by atoms with Gasteiger partial charge in [0.25, 0.3) is 0 Å². The van der Waals surface area contributed by atoms with E-state index in [4.69, 9.17) is 0 Å². The molecule has 2 unspecified atom stereocenters. The Balaban J connectivity index is 1.39. The van der Waals surface area contributed by atoms with Crippen molar-refractivity contribution in [2.75, 3.05) is 66.0 Å². The minimum Gasteiger partial charge on any atom is -0.312 e. The molecular formula is C14H28N4. The van der Waals surface area contributed by atoms with Gasteiger partial charge in [-0.2, -0.15) is 0 Å². The second kappa shape index (κ2) is 5.87. The minimum absolute atomic E-state index is 0.797. The zero-order chi connectivity index (χ0) is 12.4. The van der Waals surface area contributed by atoms with Crippen LogP contribution in [0.3, 0.4) is 0 Å². The van der Waals surface area contributed by atoms with Crippen molar-refractivity contribution >= 4 is 0 Å². The Morgan fingerprint density at radius 2 is 1.78 bits per heavy atom. The zero-order valence-electron chi connectivity index (χ0n) is 11.8. The molecule has 0 spiro atoms. The zero-order valence-corrected chi connectivity index (χ0v) is 11.8. The average Bonchev–Trinajstić information content (AvgIpc) is 2.81. The van der Waals surface area contributed by atoms with Crippen LogP contribution >= 0.6 is 0 Å². The number of likely N-dealkylation sites (N-methyl/N-ethyl adjacent to an activating group) is 1. The van der Waals surface area contributed by atoms with Crippen molar-refractivity contribution in [1.29, 1.82) is 0 Å². The number of nitrogens with zero attached hydrogens (tertiary/aromatic N) is 3. The molecule has 4 nitrogen and oxygen atoms in total. The Hall–Kier alpha value is -0.160. The van der Waals surface area contributed by atoms with E-state index in [-0.39, 0.29) is 0 Å². The summed E-state index contributed by atoms with van der Waals surface area (Å²) in [5.74, 6) is 0.936. The molecule has 2 atom stereocenters. The smallest absolute Gasteiger partial charge is 0.0235 e. The summed E-state index contributed by atoms with van der Waals surface area (Å²) in [6.07, 6.45) is 2.83. The lowest BCUT2D eigenvalue weighted by atomic mass is 9.94. The second-order valence-corrected chi connectivity index (χ2v) is 6.37. The lowest BCUT2D eigenvalue weighted by Gasteiger charge is -2.33. The molecule has 0 aliphatic carbocycles. The molecule has 104 valence electrons. The van der Waals surface area contributed by atoms with Gasteiger partial charge in [-0.1, -0.05) is 0 Å². The van der Waals surface area contributed by atoms with E-state index in [9.17, 15) is 0 Å². The fourth-order valence-electron chi connectivity index (χ4n) is 3.67. The molecule has 3 aliphatic heterocycles. The van der Waals surface area contributed by atoms with Crippen molar-refractivity contribution < 1.29 is 0 Å². The first-order valence-electron chi connectivity index (χ1n) is 7.68. The van der Waals surface area contributed by atoms with E-state index >= 15 is 0 Å². The first kappa shape index (κ1) is 12.9. The highest BCUT2D eigenvalue weighted by Crippen LogP contribution is 2.24. The maximum Gasteiger partial charge on any atom is 0.0235 e. The van der Waals surface area contributed by atoms with E-state index in [0.717, 1.165) is 12.0 Å². The fourth-order valence-corrected chi connectivity index (χ4v) is 3.67. The third-order valence-electron chi connectivity index (χ3n) is 5.00. The molecule has 0 aromatic heterocycles. The Bertz CT molecular complexity index is 249. The number of piperazine rings is 1. The molecule has 0 bridgehead atoms. The lowest BCUT2D eigenvalue weighted by molar-refractivity contribution is 0.139. The van der Waals surface area contributed by atoms with Gasteiger partial charge in [0, 0.05) is 58.4 Å². The van der Waals surface area contributed by atoms with E-state index in [1.165, 1.54) is 71.7 Å². The van der Waals surface area contributed by atoms with Gasteiger partial charge in [0.2, 0.25) is 0 Å². The number of nitrogens with one attached hydrogen (secondary N) is 1. The molecule has 3 aliphatic rings. The number of likely N-dealkylation sites (tertiary alicyclic amines) is 1. The molecule has 0 aromatic rings. The van der Waals surface area contributed by atoms with Crippen molar-refractivity contribution in [3.63, 3.8) is 0 Å². The van der Waals surface area contributed by atoms with Crippen molar-refractivity contribution in [1.82, 2.24) is 20.0 Å². The van der Waals surface area contributed by atoms with Crippen LogP contribution in [0.4, 0.5) is 0 Å². The molecule has 3 fully saturated rings. The van der Waals surface area contributed by atoms with Gasteiger partial charge in [-0.15, -0.1) is 0 Å². The minimum atomic E-state index is 0.797. The monoisotopic (exact) mass is 252 g/mol. The summed E-state index contributed by atoms with van der Waals surface area (Å²) in [6, 6.07) is 0.797. The summed E-state index contributed by atoms with van der Waals surface area (Å²) in [4.78, 5) is 7.76. The van der Waals surface area contributed by atoms with Crippen LogP contribution in [0.5, 0.6) is 0 Å². The van der Waals surface area contributed by atoms with Crippen molar-refractivity contribution in [2.45, 2.75) is 18.9 Å². The topological polar surface area (TPSA) is 21.8 Å². The van der Waals surface area contributed by atoms with Gasteiger partial charge in [0.15, 0.2) is 0 Å². The standard InChI is InChI=1S/C14H28N4/c1-16-5-7-17(8-6-16)9-10-18-11-13-3-2-4-15-14(13)12-18/h13-15H,2-12H2,1H3. The van der Waals surface area contributed by atoms with E-state index in [1.54, 1.807) is 0 Å². The normalized spacial score (nSPS) is 35.8. The molecule has 4 heteroatoms. The summed E-state index contributed by atoms with van der Waals surface area (Å²) >= 11 is 0. The number of fused-ring (bicyclic) bond motifs is 1. The summed E-state index contributed by atoms with van der Waals surface area (Å²) in [7, 11) is 2.23. The summed E-state index contributed by atoms with van der Waals surface area (Å²) in [6.45, 7) is 11.4. The Labute approximate surface area is 111 Å². The second-order valence-electron chi connectivity index (χ2n) is 6.37. The van der Waals surface area contributed by atoms with Crippen LogP contribution in [0.15, 0.2) is 0 Å². The Morgan fingerprint density at radius 3 is 2.56 bits per heavy atom. The number of hydrogen-bond donors (Lipinski definition) is 1. The maximum absolute atomic E-state index is 3.69. The van der Waals surface area contributed by atoms with Crippen LogP contribution in [0.2, 0.25) is 0 Å². The van der Waals surface area contributed by atoms with Crippen molar-refractivity contribution in [3.8, 4) is 0 Å². The molecule has 18 heavy (non-hydrogen) atoms. The molecule has 3 rings (SSSR count). The summed E-state index contributed by atoms with van der Waals surface area (Å²) in [5.41, 5.74) is 0. The van der Waals surface area contributed by atoms with Crippen molar-refractivity contribution in [2.24, 2.45) is 5.92 Å². The number of piperidine rings is 1. The third-order valence-corrected chi connectivity index (χ3v) is 5.00. The van der Waals surface area contributed by atoms with Crippen LogP contribution in [-0.4, -0.2) is 86.7 Å². The quantitative estimate of drug-likeness (QED) is 0.758. The highest BCUT2D eigenvalue weighted by Gasteiger charge is 2.33. The van der Waals surface area contributed by atoms with Gasteiger partial charge in [-0.05, 0) is 32.4 Å². The van der Waals surface area contributed by atoms with Gasteiger partial charge in [-0.25, -0.2) is 0 Å². The maximum atomic E-state index is 3.69. The van der Waals surface area contributed by atoms with Gasteiger partial charge in [0.05, 0.1) is 0 Å².